The Hall–Kier alpha value is -2.26. The maximum Gasteiger partial charge on any atom is 0.309 e. The van der Waals surface area contributed by atoms with E-state index in [9.17, 15) is 18.0 Å². The van der Waals surface area contributed by atoms with Gasteiger partial charge in [0.2, 0.25) is 0 Å². The molecule has 0 aromatic carbocycles. The Labute approximate surface area is 168 Å². The molecule has 3 rings (SSSR count). The third-order valence-electron chi connectivity index (χ3n) is 4.80. The molecule has 0 aliphatic heterocycles. The minimum atomic E-state index is -3.73. The van der Waals surface area contributed by atoms with Gasteiger partial charge in [-0.15, -0.1) is 11.3 Å². The summed E-state index contributed by atoms with van der Waals surface area (Å²) in [6.45, 7) is -0.206. The molecule has 0 unspecified atom stereocenters. The number of carbonyl (C=O) groups is 2. The summed E-state index contributed by atoms with van der Waals surface area (Å²) >= 11 is 1.12. The fraction of sp³-hybridized carbons (Fsp3) is 0.421. The number of carbonyl (C=O) groups excluding carboxylic acids is 2. The number of pyridine rings is 1. The van der Waals surface area contributed by atoms with Crippen LogP contribution in [0.5, 0.6) is 0 Å². The molecule has 1 aliphatic carbocycles. The molecule has 1 fully saturated rings. The zero-order chi connectivity index (χ0) is 20.0. The molecule has 2 aromatic heterocycles. The van der Waals surface area contributed by atoms with Gasteiger partial charge in [0.15, 0.2) is 9.84 Å². The van der Waals surface area contributed by atoms with Crippen LogP contribution in [0.4, 0.5) is 0 Å². The van der Waals surface area contributed by atoms with Gasteiger partial charge in [-0.05, 0) is 35.9 Å². The minimum absolute atomic E-state index is 0.0102. The molecule has 0 bridgehead atoms. The molecular weight excluding hydrogens is 398 g/mol. The van der Waals surface area contributed by atoms with E-state index in [2.05, 4.69) is 15.6 Å². The van der Waals surface area contributed by atoms with Crippen molar-refractivity contribution in [2.75, 3.05) is 6.54 Å². The van der Waals surface area contributed by atoms with Gasteiger partial charge in [0, 0.05) is 25.0 Å². The maximum absolute atomic E-state index is 13.0. The molecular formula is C19H23N3O4S2. The van der Waals surface area contributed by atoms with E-state index in [-0.39, 0.29) is 16.8 Å². The van der Waals surface area contributed by atoms with Gasteiger partial charge in [-0.3, -0.25) is 14.6 Å². The maximum atomic E-state index is 13.0. The predicted octanol–water partition coefficient (Wildman–Crippen LogP) is 2.22. The van der Waals surface area contributed by atoms with Crippen LogP contribution < -0.4 is 10.6 Å². The second kappa shape index (κ2) is 9.29. The molecule has 150 valence electrons. The van der Waals surface area contributed by atoms with E-state index in [1.807, 2.05) is 0 Å². The van der Waals surface area contributed by atoms with Crippen molar-refractivity contribution in [3.8, 4) is 0 Å². The van der Waals surface area contributed by atoms with Crippen molar-refractivity contribution < 1.29 is 18.0 Å². The van der Waals surface area contributed by atoms with Crippen molar-refractivity contribution >= 4 is 33.0 Å². The number of nitrogens with zero attached hydrogens (tertiary/aromatic N) is 1. The zero-order valence-corrected chi connectivity index (χ0v) is 17.0. The predicted molar refractivity (Wildman–Crippen MR) is 107 cm³/mol. The molecule has 0 saturated heterocycles. The van der Waals surface area contributed by atoms with E-state index >= 15 is 0 Å². The van der Waals surface area contributed by atoms with Gasteiger partial charge in [-0.1, -0.05) is 31.4 Å². The molecule has 1 atom stereocenters. The van der Waals surface area contributed by atoms with Crippen molar-refractivity contribution in [2.45, 2.75) is 47.6 Å². The van der Waals surface area contributed by atoms with Crippen LogP contribution in [-0.2, 0) is 19.4 Å². The molecule has 7 nitrogen and oxygen atoms in total. The van der Waals surface area contributed by atoms with Gasteiger partial charge in [0.25, 0.3) is 0 Å². The lowest BCUT2D eigenvalue weighted by Gasteiger charge is -2.22. The first kappa shape index (κ1) is 20.5. The Balaban J connectivity index is 1.70. The van der Waals surface area contributed by atoms with Gasteiger partial charge in [-0.25, -0.2) is 8.42 Å². The van der Waals surface area contributed by atoms with Crippen LogP contribution in [0.3, 0.4) is 0 Å². The SMILES string of the molecule is O=C(NC[C@@H](c1cccnc1)S(=O)(=O)c1cccs1)C(=O)NC1CCCCC1. The lowest BCUT2D eigenvalue weighted by molar-refractivity contribution is -0.139. The molecule has 28 heavy (non-hydrogen) atoms. The smallest absolute Gasteiger partial charge is 0.309 e. The van der Waals surface area contributed by atoms with Crippen molar-refractivity contribution in [1.82, 2.24) is 15.6 Å². The Morgan fingerprint density at radius 2 is 1.93 bits per heavy atom. The third kappa shape index (κ3) is 4.96. The minimum Gasteiger partial charge on any atom is -0.346 e. The van der Waals surface area contributed by atoms with Crippen LogP contribution in [-0.4, -0.2) is 37.8 Å². The van der Waals surface area contributed by atoms with Crippen molar-refractivity contribution in [1.29, 1.82) is 0 Å². The molecule has 2 N–H and O–H groups in total. The monoisotopic (exact) mass is 421 g/mol. The Morgan fingerprint density at radius 3 is 2.57 bits per heavy atom. The third-order valence-corrected chi connectivity index (χ3v) is 8.33. The summed E-state index contributed by atoms with van der Waals surface area (Å²) in [6, 6.07) is 6.49. The normalized spacial score (nSPS) is 16.3. The Morgan fingerprint density at radius 1 is 1.14 bits per heavy atom. The van der Waals surface area contributed by atoms with Gasteiger partial charge in [-0.2, -0.15) is 0 Å². The zero-order valence-electron chi connectivity index (χ0n) is 15.3. The summed E-state index contributed by atoms with van der Waals surface area (Å²) in [5.74, 6) is -1.54. The molecule has 2 aromatic rings. The summed E-state index contributed by atoms with van der Waals surface area (Å²) in [7, 11) is -3.73. The van der Waals surface area contributed by atoms with E-state index in [0.717, 1.165) is 43.4 Å². The Kier molecular flexibility index (Phi) is 6.79. The average molecular weight is 422 g/mol. The van der Waals surface area contributed by atoms with Crippen LogP contribution in [0.2, 0.25) is 0 Å². The summed E-state index contributed by atoms with van der Waals surface area (Å²) < 4.78 is 26.3. The molecule has 1 aliphatic rings. The highest BCUT2D eigenvalue weighted by Crippen LogP contribution is 2.30. The van der Waals surface area contributed by atoms with Crippen molar-refractivity contribution in [3.63, 3.8) is 0 Å². The number of hydrogen-bond acceptors (Lipinski definition) is 6. The van der Waals surface area contributed by atoms with Crippen molar-refractivity contribution in [3.05, 3.63) is 47.6 Å². The summed E-state index contributed by atoms with van der Waals surface area (Å²) in [6.07, 6.45) is 7.96. The fourth-order valence-electron chi connectivity index (χ4n) is 3.30. The highest BCUT2D eigenvalue weighted by molar-refractivity contribution is 7.93. The number of sulfone groups is 1. The summed E-state index contributed by atoms with van der Waals surface area (Å²) in [5.41, 5.74) is 0.462. The van der Waals surface area contributed by atoms with E-state index in [1.54, 1.807) is 29.8 Å². The molecule has 9 heteroatoms. The number of thiophene rings is 1. The first-order valence-corrected chi connectivity index (χ1v) is 11.7. The van der Waals surface area contributed by atoms with E-state index in [1.165, 1.54) is 12.3 Å². The molecule has 0 radical (unpaired) electrons. The second-order valence-electron chi connectivity index (χ2n) is 6.77. The largest absolute Gasteiger partial charge is 0.346 e. The van der Waals surface area contributed by atoms with E-state index in [0.29, 0.717) is 5.56 Å². The summed E-state index contributed by atoms with van der Waals surface area (Å²) in [5, 5.41) is 5.89. The second-order valence-corrected chi connectivity index (χ2v) is 10.1. The van der Waals surface area contributed by atoms with Gasteiger partial charge < -0.3 is 10.6 Å². The van der Waals surface area contributed by atoms with Crippen LogP contribution in [0.1, 0.15) is 42.9 Å². The number of hydrogen-bond donors (Lipinski definition) is 2. The lowest BCUT2D eigenvalue weighted by atomic mass is 9.95. The van der Waals surface area contributed by atoms with Crippen LogP contribution >= 0.6 is 11.3 Å². The topological polar surface area (TPSA) is 105 Å². The molecule has 2 heterocycles. The number of rotatable bonds is 6. The summed E-state index contributed by atoms with van der Waals surface area (Å²) in [4.78, 5) is 28.4. The quantitative estimate of drug-likeness (QED) is 0.696. The first-order valence-electron chi connectivity index (χ1n) is 9.24. The van der Waals surface area contributed by atoms with Crippen LogP contribution in [0.25, 0.3) is 0 Å². The van der Waals surface area contributed by atoms with Gasteiger partial charge >= 0.3 is 11.8 Å². The molecule has 1 saturated carbocycles. The van der Waals surface area contributed by atoms with E-state index in [4.69, 9.17) is 0 Å². The standard InChI is InChI=1S/C19H23N3O4S2/c23-18(19(24)22-15-7-2-1-3-8-15)21-13-16(14-6-4-10-20-12-14)28(25,26)17-9-5-11-27-17/h4-6,9-12,15-16H,1-3,7-8,13H2,(H,21,23)(H,22,24)/t16-/m0/s1. The first-order chi connectivity index (χ1) is 13.5. The van der Waals surface area contributed by atoms with Gasteiger partial charge in [0.1, 0.15) is 9.46 Å². The fourth-order valence-corrected chi connectivity index (χ4v) is 6.15. The van der Waals surface area contributed by atoms with Gasteiger partial charge in [0.05, 0.1) is 0 Å². The van der Waals surface area contributed by atoms with Crippen LogP contribution in [0.15, 0.2) is 46.2 Å². The lowest BCUT2D eigenvalue weighted by Crippen LogP contribution is -2.46. The number of aromatic nitrogens is 1. The molecule has 0 spiro atoms. The highest BCUT2D eigenvalue weighted by atomic mass is 32.2. The number of nitrogens with one attached hydrogen (secondary N) is 2. The molecule has 2 amide bonds. The van der Waals surface area contributed by atoms with E-state index < -0.39 is 26.9 Å². The highest BCUT2D eigenvalue weighted by Gasteiger charge is 2.31. The van der Waals surface area contributed by atoms with Crippen LogP contribution in [0, 0.1) is 0 Å². The number of amides is 2. The van der Waals surface area contributed by atoms with Crippen molar-refractivity contribution in [2.24, 2.45) is 0 Å². The Bertz CT molecular complexity index is 893. The average Bonchev–Trinajstić information content (AvgIpc) is 3.25.